The quantitative estimate of drug-likeness (QED) is 0.849. The molecule has 0 radical (unpaired) electrons. The summed E-state index contributed by atoms with van der Waals surface area (Å²) < 4.78 is 0. The van der Waals surface area contributed by atoms with Crippen molar-refractivity contribution in [1.82, 2.24) is 5.32 Å². The van der Waals surface area contributed by atoms with E-state index < -0.39 is 0 Å². The van der Waals surface area contributed by atoms with Crippen molar-refractivity contribution in [2.75, 3.05) is 5.33 Å². The number of hydrogen-bond donors (Lipinski definition) is 1. The van der Waals surface area contributed by atoms with Crippen molar-refractivity contribution in [2.45, 2.75) is 19.4 Å². The summed E-state index contributed by atoms with van der Waals surface area (Å²) >= 11 is 8.97. The van der Waals surface area contributed by atoms with Crippen molar-refractivity contribution in [2.24, 2.45) is 0 Å². The average Bonchev–Trinajstić information content (AvgIpc) is 2.17. The Kier molecular flexibility index (Phi) is 5.12. The minimum atomic E-state index is 0.00419. The molecule has 4 heteroatoms. The third-order valence-electron chi connectivity index (χ3n) is 1.96. The zero-order valence-electron chi connectivity index (χ0n) is 8.47. The topological polar surface area (TPSA) is 29.1 Å². The molecule has 82 valence electrons. The van der Waals surface area contributed by atoms with Gasteiger partial charge in [0.25, 0.3) is 0 Å². The summed E-state index contributed by atoms with van der Waals surface area (Å²) in [5, 5.41) is 3.94. The third-order valence-corrected chi connectivity index (χ3v) is 2.70. The molecule has 1 aromatic carbocycles. The van der Waals surface area contributed by atoms with Crippen LogP contribution in [0.15, 0.2) is 24.3 Å². The molecular formula is C11H13BrClNO. The largest absolute Gasteiger partial charge is 0.353 e. The van der Waals surface area contributed by atoms with Gasteiger partial charge < -0.3 is 5.32 Å². The van der Waals surface area contributed by atoms with Crippen molar-refractivity contribution in [3.8, 4) is 0 Å². The predicted octanol–water partition coefficient (Wildman–Crippen LogP) is 2.78. The minimum absolute atomic E-state index is 0.00419. The molecule has 0 aliphatic rings. The summed E-state index contributed by atoms with van der Waals surface area (Å²) in [6, 6.07) is 7.79. The van der Waals surface area contributed by atoms with Crippen molar-refractivity contribution in [3.05, 3.63) is 34.9 Å². The number of halogens is 2. The van der Waals surface area contributed by atoms with E-state index in [2.05, 4.69) is 21.2 Å². The first-order valence-electron chi connectivity index (χ1n) is 4.71. The molecule has 0 saturated heterocycles. The highest BCUT2D eigenvalue weighted by atomic mass is 79.9. The predicted molar refractivity (Wildman–Crippen MR) is 66.6 cm³/mol. The highest BCUT2D eigenvalue weighted by Gasteiger charge is 2.06. The van der Waals surface area contributed by atoms with E-state index in [9.17, 15) is 4.79 Å². The fourth-order valence-corrected chi connectivity index (χ4v) is 1.76. The van der Waals surface area contributed by atoms with Crippen molar-refractivity contribution < 1.29 is 4.79 Å². The first kappa shape index (κ1) is 12.5. The van der Waals surface area contributed by atoms with E-state index in [0.29, 0.717) is 5.33 Å². The van der Waals surface area contributed by atoms with Crippen LogP contribution in [0.4, 0.5) is 0 Å². The number of benzene rings is 1. The Labute approximate surface area is 103 Å². The SMILES string of the molecule is CC(Cc1cccc(Cl)c1)NC(=O)CBr. The lowest BCUT2D eigenvalue weighted by atomic mass is 10.1. The summed E-state index contributed by atoms with van der Waals surface area (Å²) in [4.78, 5) is 11.1. The molecule has 0 fully saturated rings. The molecule has 1 aromatic rings. The van der Waals surface area contributed by atoms with Gasteiger partial charge in [0, 0.05) is 11.1 Å². The van der Waals surface area contributed by atoms with Gasteiger partial charge in [-0.3, -0.25) is 4.79 Å². The monoisotopic (exact) mass is 289 g/mol. The molecule has 1 N–H and O–H groups in total. The van der Waals surface area contributed by atoms with Gasteiger partial charge in [-0.25, -0.2) is 0 Å². The van der Waals surface area contributed by atoms with Gasteiger partial charge >= 0.3 is 0 Å². The van der Waals surface area contributed by atoms with Crippen molar-refractivity contribution >= 4 is 33.4 Å². The molecule has 0 aliphatic carbocycles. The van der Waals surface area contributed by atoms with Crippen LogP contribution in [0.5, 0.6) is 0 Å². The first-order chi connectivity index (χ1) is 7.11. The number of alkyl halides is 1. The summed E-state index contributed by atoms with van der Waals surface area (Å²) in [7, 11) is 0. The van der Waals surface area contributed by atoms with Crippen LogP contribution in [0.1, 0.15) is 12.5 Å². The van der Waals surface area contributed by atoms with Crippen LogP contribution >= 0.6 is 27.5 Å². The lowest BCUT2D eigenvalue weighted by molar-refractivity contribution is -0.119. The molecule has 0 spiro atoms. The van der Waals surface area contributed by atoms with E-state index in [1.165, 1.54) is 0 Å². The van der Waals surface area contributed by atoms with Crippen LogP contribution in [0, 0.1) is 0 Å². The number of carbonyl (C=O) groups excluding carboxylic acids is 1. The van der Waals surface area contributed by atoms with E-state index in [1.54, 1.807) is 0 Å². The lowest BCUT2D eigenvalue weighted by Crippen LogP contribution is -2.34. The molecule has 1 rings (SSSR count). The van der Waals surface area contributed by atoms with Gasteiger partial charge in [0.05, 0.1) is 5.33 Å². The number of amides is 1. The highest BCUT2D eigenvalue weighted by molar-refractivity contribution is 9.09. The normalized spacial score (nSPS) is 12.2. The Morgan fingerprint density at radius 1 is 1.60 bits per heavy atom. The third kappa shape index (κ3) is 4.67. The minimum Gasteiger partial charge on any atom is -0.353 e. The number of hydrogen-bond acceptors (Lipinski definition) is 1. The van der Waals surface area contributed by atoms with Gasteiger partial charge in [0.2, 0.25) is 5.91 Å². The Morgan fingerprint density at radius 2 is 2.33 bits per heavy atom. The van der Waals surface area contributed by atoms with E-state index in [0.717, 1.165) is 17.0 Å². The molecule has 15 heavy (non-hydrogen) atoms. The molecule has 1 atom stereocenters. The van der Waals surface area contributed by atoms with Crippen molar-refractivity contribution in [1.29, 1.82) is 0 Å². The summed E-state index contributed by atoms with van der Waals surface area (Å²) in [5.41, 5.74) is 1.13. The van der Waals surface area contributed by atoms with Gasteiger partial charge in [0.15, 0.2) is 0 Å². The van der Waals surface area contributed by atoms with Crippen LogP contribution in [0.2, 0.25) is 5.02 Å². The second-order valence-corrected chi connectivity index (χ2v) is 4.43. The molecule has 0 bridgehead atoms. The van der Waals surface area contributed by atoms with Gasteiger partial charge in [-0.2, -0.15) is 0 Å². The van der Waals surface area contributed by atoms with Crippen LogP contribution in [-0.4, -0.2) is 17.3 Å². The highest BCUT2D eigenvalue weighted by Crippen LogP contribution is 2.12. The molecule has 0 saturated carbocycles. The van der Waals surface area contributed by atoms with Crippen LogP contribution in [0.25, 0.3) is 0 Å². The fraction of sp³-hybridized carbons (Fsp3) is 0.364. The summed E-state index contributed by atoms with van der Waals surface area (Å²) in [6.07, 6.45) is 0.791. The molecular weight excluding hydrogens is 277 g/mol. The van der Waals surface area contributed by atoms with Crippen LogP contribution in [0.3, 0.4) is 0 Å². The Hall–Kier alpha value is -0.540. The average molecular weight is 291 g/mol. The van der Waals surface area contributed by atoms with Crippen molar-refractivity contribution in [3.63, 3.8) is 0 Å². The lowest BCUT2D eigenvalue weighted by Gasteiger charge is -2.13. The first-order valence-corrected chi connectivity index (χ1v) is 6.21. The zero-order chi connectivity index (χ0) is 11.3. The number of nitrogens with one attached hydrogen (secondary N) is 1. The molecule has 0 aliphatic heterocycles. The smallest absolute Gasteiger partial charge is 0.230 e. The number of rotatable bonds is 4. The maximum atomic E-state index is 11.1. The second kappa shape index (κ2) is 6.13. The Morgan fingerprint density at radius 3 is 2.93 bits per heavy atom. The van der Waals surface area contributed by atoms with Gasteiger partial charge in [-0.15, -0.1) is 0 Å². The van der Waals surface area contributed by atoms with Gasteiger partial charge in [-0.1, -0.05) is 39.7 Å². The van der Waals surface area contributed by atoms with E-state index >= 15 is 0 Å². The number of carbonyl (C=O) groups is 1. The van der Waals surface area contributed by atoms with Crippen LogP contribution < -0.4 is 5.32 Å². The standard InChI is InChI=1S/C11H13BrClNO/c1-8(14-11(15)7-12)5-9-3-2-4-10(13)6-9/h2-4,6,8H,5,7H2,1H3,(H,14,15). The van der Waals surface area contributed by atoms with Crippen LogP contribution in [-0.2, 0) is 11.2 Å². The molecule has 0 aromatic heterocycles. The molecule has 1 unspecified atom stereocenters. The van der Waals surface area contributed by atoms with E-state index in [1.807, 2.05) is 31.2 Å². The fourth-order valence-electron chi connectivity index (χ4n) is 1.38. The maximum Gasteiger partial charge on any atom is 0.230 e. The Bertz CT molecular complexity index is 343. The Balaban J connectivity index is 2.51. The van der Waals surface area contributed by atoms with E-state index in [4.69, 9.17) is 11.6 Å². The molecule has 0 heterocycles. The van der Waals surface area contributed by atoms with Gasteiger partial charge in [0.1, 0.15) is 0 Å². The molecule has 2 nitrogen and oxygen atoms in total. The summed E-state index contributed by atoms with van der Waals surface area (Å²) in [6.45, 7) is 1.97. The van der Waals surface area contributed by atoms with Gasteiger partial charge in [-0.05, 0) is 31.0 Å². The molecule has 1 amide bonds. The second-order valence-electron chi connectivity index (χ2n) is 3.44. The summed E-state index contributed by atoms with van der Waals surface area (Å²) in [5.74, 6) is 0.00419. The maximum absolute atomic E-state index is 11.1. The zero-order valence-corrected chi connectivity index (χ0v) is 10.8. The van der Waals surface area contributed by atoms with E-state index in [-0.39, 0.29) is 11.9 Å².